The summed E-state index contributed by atoms with van der Waals surface area (Å²) < 4.78 is 12.3. The van der Waals surface area contributed by atoms with E-state index in [1.165, 1.54) is 17.3 Å². The summed E-state index contributed by atoms with van der Waals surface area (Å²) in [7, 11) is 0. The number of nitrogens with zero attached hydrogens (tertiary/aromatic N) is 1. The smallest absolute Gasteiger partial charge is 0.140 e. The molecule has 0 fully saturated rings. The van der Waals surface area contributed by atoms with Crippen LogP contribution in [-0.2, 0) is 0 Å². The lowest BCUT2D eigenvalue weighted by atomic mass is 10.4. The quantitative estimate of drug-likeness (QED) is 0.492. The van der Waals surface area contributed by atoms with Crippen LogP contribution < -0.4 is 5.84 Å². The molecule has 0 bridgehead atoms. The molecule has 0 aromatic rings. The number of hydrazine groups is 1. The van der Waals surface area contributed by atoms with Crippen molar-refractivity contribution < 1.29 is 4.39 Å². The summed E-state index contributed by atoms with van der Waals surface area (Å²) in [6.07, 6.45) is 5.27. The van der Waals surface area contributed by atoms with E-state index in [9.17, 15) is 4.39 Å². The van der Waals surface area contributed by atoms with Gasteiger partial charge in [-0.1, -0.05) is 6.08 Å². The number of rotatable bonds is 0. The number of halogens is 1. The van der Waals surface area contributed by atoms with E-state index >= 15 is 0 Å². The molecule has 1 heterocycles. The molecule has 0 saturated heterocycles. The lowest BCUT2D eigenvalue weighted by Crippen LogP contribution is -2.25. The summed E-state index contributed by atoms with van der Waals surface area (Å²) in [4.78, 5) is 0. The van der Waals surface area contributed by atoms with E-state index in [1.807, 2.05) is 0 Å². The minimum Gasteiger partial charge on any atom is -0.315 e. The van der Waals surface area contributed by atoms with Gasteiger partial charge in [0.2, 0.25) is 0 Å². The fourth-order valence-corrected chi connectivity index (χ4v) is 0.686. The molecule has 0 spiro atoms. The lowest BCUT2D eigenvalue weighted by Gasteiger charge is -2.08. The molecule has 1 rings (SSSR count). The molecule has 0 atom stereocenters. The summed E-state index contributed by atoms with van der Waals surface area (Å²) in [5.41, 5.74) is 0. The Bertz CT molecular complexity index is 151. The highest BCUT2D eigenvalue weighted by atomic mass is 19.1. The third kappa shape index (κ3) is 1.85. The van der Waals surface area contributed by atoms with E-state index < -0.39 is 0 Å². The van der Waals surface area contributed by atoms with Crippen LogP contribution in [-0.4, -0.2) is 11.6 Å². The van der Waals surface area contributed by atoms with Crippen molar-refractivity contribution in [3.63, 3.8) is 0 Å². The first kappa shape index (κ1) is 6.29. The predicted octanol–water partition coefficient (Wildman–Crippen LogP) is 0.933. The fraction of sp³-hybridized carbons (Fsp3) is 0.333. The molecular weight excluding hydrogens is 119 g/mol. The minimum atomic E-state index is -0.282. The Kier molecular flexibility index (Phi) is 1.85. The Hall–Kier alpha value is -0.830. The van der Waals surface area contributed by atoms with Crippen molar-refractivity contribution in [3.05, 3.63) is 24.2 Å². The number of hydrogen-bond acceptors (Lipinski definition) is 2. The maximum atomic E-state index is 12.3. The Morgan fingerprint density at radius 2 is 2.44 bits per heavy atom. The molecule has 1 aliphatic rings. The molecule has 0 aliphatic carbocycles. The van der Waals surface area contributed by atoms with E-state index in [4.69, 9.17) is 5.84 Å². The van der Waals surface area contributed by atoms with Crippen molar-refractivity contribution in [3.8, 4) is 0 Å². The van der Waals surface area contributed by atoms with Crippen LogP contribution in [0.5, 0.6) is 0 Å². The molecule has 2 N–H and O–H groups in total. The van der Waals surface area contributed by atoms with Crippen molar-refractivity contribution in [2.75, 3.05) is 6.54 Å². The van der Waals surface area contributed by atoms with Gasteiger partial charge >= 0.3 is 0 Å². The van der Waals surface area contributed by atoms with Gasteiger partial charge in [-0.2, -0.15) is 0 Å². The van der Waals surface area contributed by atoms with Gasteiger partial charge in [0.25, 0.3) is 0 Å². The Morgan fingerprint density at radius 1 is 1.67 bits per heavy atom. The zero-order chi connectivity index (χ0) is 6.69. The van der Waals surface area contributed by atoms with Crippen LogP contribution in [0.3, 0.4) is 0 Å². The van der Waals surface area contributed by atoms with Gasteiger partial charge in [-0.15, -0.1) is 0 Å². The van der Waals surface area contributed by atoms with Gasteiger partial charge in [0, 0.05) is 6.54 Å². The predicted molar refractivity (Wildman–Crippen MR) is 33.8 cm³/mol. The average Bonchev–Trinajstić information content (AvgIpc) is 1.93. The molecule has 3 heteroatoms. The van der Waals surface area contributed by atoms with Crippen LogP contribution in [0.15, 0.2) is 24.2 Å². The Labute approximate surface area is 53.4 Å². The van der Waals surface area contributed by atoms with Gasteiger partial charge in [0.15, 0.2) is 0 Å². The zero-order valence-corrected chi connectivity index (χ0v) is 5.05. The molecule has 0 unspecified atom stereocenters. The lowest BCUT2D eigenvalue weighted by molar-refractivity contribution is 0.394. The fourth-order valence-electron chi connectivity index (χ4n) is 0.686. The second kappa shape index (κ2) is 2.64. The van der Waals surface area contributed by atoms with E-state index in [1.54, 1.807) is 6.08 Å². The van der Waals surface area contributed by atoms with Gasteiger partial charge in [-0.3, -0.25) is 0 Å². The van der Waals surface area contributed by atoms with Crippen molar-refractivity contribution in [1.29, 1.82) is 0 Å². The number of allylic oxidation sites excluding steroid dienone is 2. The SMILES string of the molecule is NN1C=C(F)C=CCC1. The molecule has 0 radical (unpaired) electrons. The van der Waals surface area contributed by atoms with Crippen LogP contribution in [0.2, 0.25) is 0 Å². The summed E-state index contributed by atoms with van der Waals surface area (Å²) in [5.74, 6) is 5.02. The summed E-state index contributed by atoms with van der Waals surface area (Å²) in [5, 5.41) is 1.34. The van der Waals surface area contributed by atoms with Gasteiger partial charge in [0.1, 0.15) is 5.83 Å². The maximum Gasteiger partial charge on any atom is 0.140 e. The minimum absolute atomic E-state index is 0.282. The van der Waals surface area contributed by atoms with Crippen molar-refractivity contribution in [1.82, 2.24) is 5.01 Å². The molecule has 0 aromatic heterocycles. The van der Waals surface area contributed by atoms with E-state index in [0.29, 0.717) is 6.54 Å². The maximum absolute atomic E-state index is 12.3. The molecular formula is C6H9FN2. The van der Waals surface area contributed by atoms with E-state index in [2.05, 4.69) is 0 Å². The van der Waals surface area contributed by atoms with Crippen molar-refractivity contribution in [2.45, 2.75) is 6.42 Å². The van der Waals surface area contributed by atoms with Crippen LogP contribution in [0.25, 0.3) is 0 Å². The number of hydrogen-bond donors (Lipinski definition) is 1. The van der Waals surface area contributed by atoms with Crippen LogP contribution >= 0.6 is 0 Å². The first-order chi connectivity index (χ1) is 4.29. The molecule has 1 aliphatic heterocycles. The topological polar surface area (TPSA) is 29.3 Å². The molecule has 0 amide bonds. The highest BCUT2D eigenvalue weighted by Crippen LogP contribution is 2.04. The molecule has 2 nitrogen and oxygen atoms in total. The highest BCUT2D eigenvalue weighted by molar-refractivity contribution is 5.11. The van der Waals surface area contributed by atoms with E-state index in [0.717, 1.165) is 6.42 Å². The third-order valence-electron chi connectivity index (χ3n) is 1.12. The normalized spacial score (nSPS) is 19.3. The highest BCUT2D eigenvalue weighted by Gasteiger charge is 1.97. The number of nitrogens with two attached hydrogens (primary N) is 1. The van der Waals surface area contributed by atoms with Crippen molar-refractivity contribution in [2.24, 2.45) is 5.84 Å². The van der Waals surface area contributed by atoms with Crippen LogP contribution in [0, 0.1) is 0 Å². The monoisotopic (exact) mass is 128 g/mol. The standard InChI is InChI=1S/C6H9FN2/c7-6-3-1-2-4-9(8)5-6/h1,3,5H,2,4,8H2. The Morgan fingerprint density at radius 3 is 3.22 bits per heavy atom. The molecule has 9 heavy (non-hydrogen) atoms. The van der Waals surface area contributed by atoms with Crippen LogP contribution in [0.4, 0.5) is 4.39 Å². The largest absolute Gasteiger partial charge is 0.315 e. The second-order valence-corrected chi connectivity index (χ2v) is 1.94. The molecule has 50 valence electrons. The summed E-state index contributed by atoms with van der Waals surface area (Å²) in [6, 6.07) is 0. The first-order valence-corrected chi connectivity index (χ1v) is 2.84. The second-order valence-electron chi connectivity index (χ2n) is 1.94. The molecule has 0 aromatic carbocycles. The van der Waals surface area contributed by atoms with Gasteiger partial charge in [0.05, 0.1) is 6.20 Å². The summed E-state index contributed by atoms with van der Waals surface area (Å²) in [6.45, 7) is 0.684. The zero-order valence-electron chi connectivity index (χ0n) is 5.05. The van der Waals surface area contributed by atoms with Gasteiger partial charge in [-0.25, -0.2) is 10.2 Å². The average molecular weight is 128 g/mol. The Balaban J connectivity index is 2.62. The first-order valence-electron chi connectivity index (χ1n) is 2.84. The molecule has 0 saturated carbocycles. The van der Waals surface area contributed by atoms with Crippen molar-refractivity contribution >= 4 is 0 Å². The van der Waals surface area contributed by atoms with E-state index in [-0.39, 0.29) is 5.83 Å². The van der Waals surface area contributed by atoms with Crippen LogP contribution in [0.1, 0.15) is 6.42 Å². The summed E-state index contributed by atoms with van der Waals surface area (Å²) >= 11 is 0. The van der Waals surface area contributed by atoms with Gasteiger partial charge in [-0.05, 0) is 12.5 Å². The van der Waals surface area contributed by atoms with Gasteiger partial charge < -0.3 is 5.01 Å². The third-order valence-corrected chi connectivity index (χ3v) is 1.12.